The molecule has 0 amide bonds. The van der Waals surface area contributed by atoms with E-state index < -0.39 is 0 Å². The van der Waals surface area contributed by atoms with Gasteiger partial charge in [-0.3, -0.25) is 4.99 Å². The summed E-state index contributed by atoms with van der Waals surface area (Å²) in [6.45, 7) is 1.31. The first-order valence-electron chi connectivity index (χ1n) is 8.58. The molecule has 1 heterocycles. The maximum absolute atomic E-state index is 5.44. The molecule has 0 aliphatic carbocycles. The van der Waals surface area contributed by atoms with Gasteiger partial charge in [0, 0.05) is 33.3 Å². The fourth-order valence-corrected chi connectivity index (χ4v) is 3.06. The first-order chi connectivity index (χ1) is 12.6. The molecule has 0 radical (unpaired) electrons. The number of hydrogen-bond acceptors (Lipinski definition) is 3. The summed E-state index contributed by atoms with van der Waals surface area (Å²) in [5.74, 6) is 2.66. The molecule has 1 aromatic heterocycles. The highest BCUT2D eigenvalue weighted by molar-refractivity contribution is 5.80. The Labute approximate surface area is 154 Å². The van der Waals surface area contributed by atoms with E-state index in [0.29, 0.717) is 13.1 Å². The number of ether oxygens (including phenoxy) is 1. The lowest BCUT2D eigenvalue weighted by Crippen LogP contribution is -2.38. The number of hydrogen-bond donors (Lipinski definition) is 1. The third-order valence-corrected chi connectivity index (χ3v) is 4.46. The van der Waals surface area contributed by atoms with Gasteiger partial charge in [0.05, 0.1) is 24.7 Å². The number of aromatic nitrogens is 2. The molecule has 0 fully saturated rings. The van der Waals surface area contributed by atoms with E-state index in [1.165, 1.54) is 0 Å². The summed E-state index contributed by atoms with van der Waals surface area (Å²) >= 11 is 0. The zero-order chi connectivity index (χ0) is 18.5. The minimum atomic E-state index is 0.605. The molecule has 0 aliphatic heterocycles. The third-order valence-electron chi connectivity index (χ3n) is 4.46. The standard InChI is InChI=1S/C20H25N5O/c1-21-20(24(2)14-15-9-5-8-12-18(15)26-4)22-13-19-23-16-10-6-7-11-17(16)25(19)3/h5-12H,13-14H2,1-4H3,(H,21,22). The smallest absolute Gasteiger partial charge is 0.194 e. The molecule has 136 valence electrons. The molecule has 1 N–H and O–H groups in total. The molecule has 0 unspecified atom stereocenters. The summed E-state index contributed by atoms with van der Waals surface area (Å²) in [6.07, 6.45) is 0. The van der Waals surface area contributed by atoms with Crippen LogP contribution in [0.3, 0.4) is 0 Å². The Bertz CT molecular complexity index is 915. The number of aliphatic imine (C=N–C) groups is 1. The van der Waals surface area contributed by atoms with E-state index in [-0.39, 0.29) is 0 Å². The summed E-state index contributed by atoms with van der Waals surface area (Å²) in [6, 6.07) is 16.2. The average Bonchev–Trinajstić information content (AvgIpc) is 2.99. The van der Waals surface area contributed by atoms with Crippen LogP contribution in [0.1, 0.15) is 11.4 Å². The van der Waals surface area contributed by atoms with Crippen molar-refractivity contribution in [1.29, 1.82) is 0 Å². The van der Waals surface area contributed by atoms with E-state index in [1.54, 1.807) is 14.2 Å². The van der Waals surface area contributed by atoms with Gasteiger partial charge in [-0.15, -0.1) is 0 Å². The number of nitrogens with zero attached hydrogens (tertiary/aromatic N) is 4. The highest BCUT2D eigenvalue weighted by Gasteiger charge is 2.12. The van der Waals surface area contributed by atoms with Crippen LogP contribution in [0.25, 0.3) is 11.0 Å². The SMILES string of the molecule is CN=C(NCc1nc2ccccc2n1C)N(C)Cc1ccccc1OC. The zero-order valence-electron chi connectivity index (χ0n) is 15.7. The minimum absolute atomic E-state index is 0.605. The van der Waals surface area contributed by atoms with Crippen molar-refractivity contribution in [3.63, 3.8) is 0 Å². The fourth-order valence-electron chi connectivity index (χ4n) is 3.06. The van der Waals surface area contributed by atoms with Crippen molar-refractivity contribution < 1.29 is 4.74 Å². The maximum atomic E-state index is 5.44. The molecule has 0 spiro atoms. The number of aryl methyl sites for hydroxylation is 1. The number of imidazole rings is 1. The van der Waals surface area contributed by atoms with Gasteiger partial charge in [0.25, 0.3) is 0 Å². The fraction of sp³-hybridized carbons (Fsp3) is 0.300. The van der Waals surface area contributed by atoms with Crippen LogP contribution in [0.15, 0.2) is 53.5 Å². The van der Waals surface area contributed by atoms with Crippen molar-refractivity contribution in [2.75, 3.05) is 21.2 Å². The predicted octanol–water partition coefficient (Wildman–Crippen LogP) is 2.79. The lowest BCUT2D eigenvalue weighted by atomic mass is 10.2. The molecule has 0 bridgehead atoms. The monoisotopic (exact) mass is 351 g/mol. The normalized spacial score (nSPS) is 11.6. The van der Waals surface area contributed by atoms with Gasteiger partial charge in [0.2, 0.25) is 0 Å². The zero-order valence-corrected chi connectivity index (χ0v) is 15.7. The van der Waals surface area contributed by atoms with Gasteiger partial charge in [0.1, 0.15) is 11.6 Å². The van der Waals surface area contributed by atoms with Gasteiger partial charge in [-0.1, -0.05) is 30.3 Å². The summed E-state index contributed by atoms with van der Waals surface area (Å²) in [7, 11) is 7.53. The van der Waals surface area contributed by atoms with E-state index in [9.17, 15) is 0 Å². The third kappa shape index (κ3) is 3.64. The minimum Gasteiger partial charge on any atom is -0.496 e. The number of methoxy groups -OCH3 is 1. The van der Waals surface area contributed by atoms with Crippen LogP contribution in [0.5, 0.6) is 5.75 Å². The summed E-state index contributed by atoms with van der Waals surface area (Å²) < 4.78 is 7.54. The molecule has 3 rings (SSSR count). The van der Waals surface area contributed by atoms with E-state index in [0.717, 1.165) is 34.1 Å². The molecule has 26 heavy (non-hydrogen) atoms. The Balaban J connectivity index is 1.70. The number of fused-ring (bicyclic) bond motifs is 1. The Morgan fingerprint density at radius 3 is 2.65 bits per heavy atom. The summed E-state index contributed by atoms with van der Waals surface area (Å²) in [5.41, 5.74) is 3.24. The molecule has 0 aliphatic rings. The second-order valence-electron chi connectivity index (χ2n) is 6.14. The molecular formula is C20H25N5O. The summed E-state index contributed by atoms with van der Waals surface area (Å²) in [4.78, 5) is 11.2. The molecule has 0 atom stereocenters. The number of rotatable bonds is 5. The van der Waals surface area contributed by atoms with E-state index in [4.69, 9.17) is 9.72 Å². The number of para-hydroxylation sites is 3. The number of guanidine groups is 1. The van der Waals surface area contributed by atoms with Gasteiger partial charge in [-0.05, 0) is 18.2 Å². The van der Waals surface area contributed by atoms with Gasteiger partial charge < -0.3 is 19.5 Å². The highest BCUT2D eigenvalue weighted by atomic mass is 16.5. The second-order valence-corrected chi connectivity index (χ2v) is 6.14. The summed E-state index contributed by atoms with van der Waals surface area (Å²) in [5, 5.41) is 3.40. The maximum Gasteiger partial charge on any atom is 0.194 e. The topological polar surface area (TPSA) is 54.7 Å². The Kier molecular flexibility index (Phi) is 5.41. The van der Waals surface area contributed by atoms with Crippen molar-refractivity contribution in [3.05, 3.63) is 59.9 Å². The van der Waals surface area contributed by atoms with Crippen molar-refractivity contribution in [2.24, 2.45) is 12.0 Å². The van der Waals surface area contributed by atoms with E-state index >= 15 is 0 Å². The molecule has 0 saturated heterocycles. The average molecular weight is 351 g/mol. The molecule has 3 aromatic rings. The van der Waals surface area contributed by atoms with Gasteiger partial charge in [0.15, 0.2) is 5.96 Å². The Morgan fingerprint density at radius 1 is 1.19 bits per heavy atom. The van der Waals surface area contributed by atoms with Crippen LogP contribution >= 0.6 is 0 Å². The molecular weight excluding hydrogens is 326 g/mol. The van der Waals surface area contributed by atoms with Gasteiger partial charge >= 0.3 is 0 Å². The van der Waals surface area contributed by atoms with Crippen molar-refractivity contribution in [2.45, 2.75) is 13.1 Å². The quantitative estimate of drug-likeness (QED) is 0.567. The lowest BCUT2D eigenvalue weighted by Gasteiger charge is -2.23. The van der Waals surface area contributed by atoms with Crippen LogP contribution in [-0.2, 0) is 20.1 Å². The Morgan fingerprint density at radius 2 is 1.92 bits per heavy atom. The van der Waals surface area contributed by atoms with Crippen LogP contribution in [0, 0.1) is 0 Å². The first kappa shape index (κ1) is 17.8. The van der Waals surface area contributed by atoms with Gasteiger partial charge in [-0.2, -0.15) is 0 Å². The second kappa shape index (κ2) is 7.91. The Hall–Kier alpha value is -3.02. The van der Waals surface area contributed by atoms with Crippen LogP contribution in [-0.4, -0.2) is 41.6 Å². The number of nitrogens with one attached hydrogen (secondary N) is 1. The van der Waals surface area contributed by atoms with Crippen LogP contribution in [0.2, 0.25) is 0 Å². The first-order valence-corrected chi connectivity index (χ1v) is 8.58. The number of benzene rings is 2. The van der Waals surface area contributed by atoms with Crippen LogP contribution in [0.4, 0.5) is 0 Å². The largest absolute Gasteiger partial charge is 0.496 e. The molecule has 6 heteroatoms. The molecule has 2 aromatic carbocycles. The molecule has 0 saturated carbocycles. The van der Waals surface area contributed by atoms with Crippen molar-refractivity contribution in [3.8, 4) is 5.75 Å². The van der Waals surface area contributed by atoms with Crippen molar-refractivity contribution >= 4 is 17.0 Å². The lowest BCUT2D eigenvalue weighted by molar-refractivity contribution is 0.396. The van der Waals surface area contributed by atoms with Gasteiger partial charge in [-0.25, -0.2) is 4.98 Å². The van der Waals surface area contributed by atoms with E-state index in [1.807, 2.05) is 50.5 Å². The van der Waals surface area contributed by atoms with Crippen LogP contribution < -0.4 is 10.1 Å². The highest BCUT2D eigenvalue weighted by Crippen LogP contribution is 2.19. The predicted molar refractivity (Wildman–Crippen MR) is 105 cm³/mol. The van der Waals surface area contributed by atoms with E-state index in [2.05, 4.69) is 31.9 Å². The van der Waals surface area contributed by atoms with Crippen molar-refractivity contribution in [1.82, 2.24) is 19.8 Å². The molecule has 6 nitrogen and oxygen atoms in total.